The second kappa shape index (κ2) is 12.6. The number of hydrogen-bond acceptors (Lipinski definition) is 4. The molecule has 8 rings (SSSR count). The topological polar surface area (TPSA) is 38.9 Å². The summed E-state index contributed by atoms with van der Waals surface area (Å²) >= 11 is 0.0966. The van der Waals surface area contributed by atoms with E-state index in [1.54, 1.807) is 0 Å². The van der Waals surface area contributed by atoms with E-state index in [4.69, 9.17) is 9.40 Å². The Hall–Kier alpha value is -3.61. The van der Waals surface area contributed by atoms with Crippen molar-refractivity contribution in [3.8, 4) is 22.5 Å². The third-order valence-electron chi connectivity index (χ3n) is 7.97. The zero-order valence-corrected chi connectivity index (χ0v) is 31.2. The van der Waals surface area contributed by atoms with Crippen molar-refractivity contribution in [1.82, 2.24) is 9.97 Å². The number of hydrogen-bond donors (Lipinski definition) is 0. The van der Waals surface area contributed by atoms with Crippen molar-refractivity contribution in [1.29, 1.82) is 0 Å². The summed E-state index contributed by atoms with van der Waals surface area (Å²) in [5.74, 6) is 7.14. The van der Waals surface area contributed by atoms with Gasteiger partial charge in [-0.3, -0.25) is 0 Å². The molecule has 4 heterocycles. The van der Waals surface area contributed by atoms with E-state index in [1.165, 1.54) is 35.7 Å². The SMILES string of the molecule is Cc1ccc2c(c1)oc1c(-c3cc4sc5cc(C)ccc5c4cn3)[c-]ccc12.[CH3][Ge]([CH3])([CH3])[c]1ccc(-c2[c-]cccc2)nc1.[Ir]. The van der Waals surface area contributed by atoms with Crippen LogP contribution in [0.1, 0.15) is 11.1 Å². The molecule has 3 nitrogen and oxygen atoms in total. The van der Waals surface area contributed by atoms with E-state index in [9.17, 15) is 0 Å². The number of rotatable bonds is 3. The molecule has 0 spiro atoms. The molecule has 4 aromatic heterocycles. The number of furan rings is 1. The molecule has 0 aliphatic carbocycles. The molecular weight excluding hydrogens is 809 g/mol. The largest absolute Gasteiger partial charge is 0 e. The van der Waals surface area contributed by atoms with Gasteiger partial charge in [0.15, 0.2) is 0 Å². The first-order valence-electron chi connectivity index (χ1n) is 14.8. The second-order valence-corrected chi connectivity index (χ2v) is 24.1. The number of pyridine rings is 2. The van der Waals surface area contributed by atoms with Gasteiger partial charge in [-0.2, -0.15) is 0 Å². The standard InChI is InChI=1S/C25H16NOS.C14H16GeN.Ir/c1-14-6-8-16-18-4-3-5-19(25(18)27-22(16)10-14)21-12-24-20(13-26-21)17-9-7-15(2)11-23(17)28-24;1-15(2,3)13-9-10-14(16-11-13)12-7-5-4-6-8-12;/h3-4,6-13H,1-2H3;4-7,9-11H,1-3H3;/q2*-1;. The minimum Gasteiger partial charge on any atom is 0 e. The van der Waals surface area contributed by atoms with Gasteiger partial charge in [-0.1, -0.05) is 41.3 Å². The number of aryl methyl sites for hydroxylation is 2. The molecular formula is C39H32GeIrN2OS-2. The van der Waals surface area contributed by atoms with Gasteiger partial charge in [0.05, 0.1) is 5.58 Å². The first kappa shape index (κ1) is 31.4. The van der Waals surface area contributed by atoms with Gasteiger partial charge < -0.3 is 9.40 Å². The van der Waals surface area contributed by atoms with Gasteiger partial charge in [-0.05, 0) is 42.8 Å². The molecule has 0 aliphatic rings. The van der Waals surface area contributed by atoms with E-state index in [2.05, 4.69) is 109 Å². The van der Waals surface area contributed by atoms with Crippen LogP contribution in [-0.4, -0.2) is 23.2 Å². The van der Waals surface area contributed by atoms with Crippen molar-refractivity contribution >= 4 is 71.1 Å². The second-order valence-electron chi connectivity index (χ2n) is 12.3. The Morgan fingerprint density at radius 1 is 0.667 bits per heavy atom. The Labute approximate surface area is 284 Å². The van der Waals surface area contributed by atoms with E-state index in [1.807, 2.05) is 54.1 Å². The number of fused-ring (bicyclic) bond motifs is 6. The third kappa shape index (κ3) is 6.28. The predicted octanol–water partition coefficient (Wildman–Crippen LogP) is 10.5. The molecule has 0 aliphatic heterocycles. The monoisotopic (exact) mass is 843 g/mol. The van der Waals surface area contributed by atoms with Crippen LogP contribution < -0.4 is 4.40 Å². The zero-order chi connectivity index (χ0) is 30.4. The van der Waals surface area contributed by atoms with E-state index < -0.39 is 13.3 Å². The van der Waals surface area contributed by atoms with E-state index in [0.29, 0.717) is 0 Å². The van der Waals surface area contributed by atoms with Gasteiger partial charge in [0.25, 0.3) is 0 Å². The van der Waals surface area contributed by atoms with Crippen LogP contribution in [0.25, 0.3) is 64.6 Å². The Bertz CT molecular complexity index is 2280. The minimum atomic E-state index is -1.72. The van der Waals surface area contributed by atoms with Gasteiger partial charge >= 0.3 is 99.8 Å². The smallest absolute Gasteiger partial charge is 0 e. The summed E-state index contributed by atoms with van der Waals surface area (Å²) in [5, 5.41) is 4.72. The van der Waals surface area contributed by atoms with Crippen molar-refractivity contribution in [3.63, 3.8) is 0 Å². The number of nitrogens with zero attached hydrogens (tertiary/aromatic N) is 2. The Kier molecular flexibility index (Phi) is 8.82. The summed E-state index contributed by atoms with van der Waals surface area (Å²) in [7, 11) is 0. The summed E-state index contributed by atoms with van der Waals surface area (Å²) in [5.41, 5.74) is 8.13. The van der Waals surface area contributed by atoms with E-state index >= 15 is 0 Å². The third-order valence-corrected chi connectivity index (χ3v) is 13.3. The zero-order valence-electron chi connectivity index (χ0n) is 25.9. The van der Waals surface area contributed by atoms with Crippen LogP contribution in [0, 0.1) is 26.0 Å². The molecule has 0 amide bonds. The number of aromatic nitrogens is 2. The van der Waals surface area contributed by atoms with Crippen LogP contribution in [0.5, 0.6) is 0 Å². The molecule has 0 N–H and O–H groups in total. The first-order chi connectivity index (χ1) is 21.2. The van der Waals surface area contributed by atoms with Gasteiger partial charge in [0.2, 0.25) is 0 Å². The normalized spacial score (nSPS) is 11.5. The predicted molar refractivity (Wildman–Crippen MR) is 190 cm³/mol. The maximum Gasteiger partial charge on any atom is 0 e. The molecule has 4 aromatic carbocycles. The van der Waals surface area contributed by atoms with Gasteiger partial charge in [0, 0.05) is 51.9 Å². The van der Waals surface area contributed by atoms with Crippen molar-refractivity contribution in [2.24, 2.45) is 0 Å². The summed E-state index contributed by atoms with van der Waals surface area (Å²) < 4.78 is 10.2. The molecule has 45 heavy (non-hydrogen) atoms. The Balaban J connectivity index is 0.000000181. The Morgan fingerprint density at radius 3 is 2.16 bits per heavy atom. The molecule has 8 aromatic rings. The summed E-state index contributed by atoms with van der Waals surface area (Å²) in [6.07, 6.45) is 4.02. The van der Waals surface area contributed by atoms with Crippen LogP contribution in [0.15, 0.2) is 108 Å². The fourth-order valence-electron chi connectivity index (χ4n) is 5.50. The van der Waals surface area contributed by atoms with Gasteiger partial charge in [-0.15, -0.1) is 29.5 Å². The molecule has 0 unspecified atom stereocenters. The average molecular weight is 842 g/mol. The van der Waals surface area contributed by atoms with Crippen molar-refractivity contribution in [2.75, 3.05) is 0 Å². The quantitative estimate of drug-likeness (QED) is 0.131. The van der Waals surface area contributed by atoms with Crippen LogP contribution in [-0.2, 0) is 20.1 Å². The molecule has 0 fully saturated rings. The molecule has 0 saturated heterocycles. The van der Waals surface area contributed by atoms with Crippen LogP contribution in [0.3, 0.4) is 0 Å². The summed E-state index contributed by atoms with van der Waals surface area (Å²) in [6.45, 7) is 4.21. The van der Waals surface area contributed by atoms with Crippen LogP contribution >= 0.6 is 11.3 Å². The molecule has 225 valence electrons. The maximum atomic E-state index is 6.24. The molecule has 0 atom stereocenters. The number of benzene rings is 4. The summed E-state index contributed by atoms with van der Waals surface area (Å²) in [6, 6.07) is 38.0. The fraction of sp³-hybridized carbons (Fsp3) is 0.128. The first-order valence-corrected chi connectivity index (χ1v) is 23.0. The molecule has 1 radical (unpaired) electrons. The fourth-order valence-corrected chi connectivity index (χ4v) is 8.89. The van der Waals surface area contributed by atoms with Crippen molar-refractivity contribution in [2.45, 2.75) is 31.1 Å². The van der Waals surface area contributed by atoms with E-state index in [-0.39, 0.29) is 20.1 Å². The van der Waals surface area contributed by atoms with Crippen molar-refractivity contribution < 1.29 is 24.5 Å². The summed E-state index contributed by atoms with van der Waals surface area (Å²) in [4.78, 5) is 9.31. The molecule has 6 heteroatoms. The molecule has 0 saturated carbocycles. The van der Waals surface area contributed by atoms with E-state index in [0.717, 1.165) is 44.5 Å². The number of thiophene rings is 1. The maximum absolute atomic E-state index is 6.24. The Morgan fingerprint density at radius 2 is 1.42 bits per heavy atom. The van der Waals surface area contributed by atoms with Crippen LogP contribution in [0.2, 0.25) is 17.3 Å². The van der Waals surface area contributed by atoms with Gasteiger partial charge in [0.1, 0.15) is 5.58 Å². The van der Waals surface area contributed by atoms with Gasteiger partial charge in [-0.25, -0.2) is 0 Å². The minimum absolute atomic E-state index is 0. The van der Waals surface area contributed by atoms with Crippen molar-refractivity contribution in [3.05, 3.63) is 127 Å². The van der Waals surface area contributed by atoms with Crippen LogP contribution in [0.4, 0.5) is 0 Å². The average Bonchev–Trinajstić information content (AvgIpc) is 3.58. The molecule has 0 bridgehead atoms.